The molecule has 0 aromatic heterocycles. The molecule has 0 unspecified atom stereocenters. The van der Waals surface area contributed by atoms with E-state index in [-0.39, 0.29) is 23.8 Å². The summed E-state index contributed by atoms with van der Waals surface area (Å²) < 4.78 is 10.5. The van der Waals surface area contributed by atoms with Crippen LogP contribution in [0.3, 0.4) is 0 Å². The molecule has 0 aliphatic heterocycles. The summed E-state index contributed by atoms with van der Waals surface area (Å²) in [6.45, 7) is 1.89. The van der Waals surface area contributed by atoms with Crippen LogP contribution in [0.4, 0.5) is 0 Å². The van der Waals surface area contributed by atoms with E-state index >= 15 is 0 Å². The molecule has 5 atom stereocenters. The van der Waals surface area contributed by atoms with Gasteiger partial charge in [0.25, 0.3) is 0 Å². The van der Waals surface area contributed by atoms with Crippen LogP contribution in [0.2, 0.25) is 0 Å². The Bertz CT molecular complexity index is 674. The minimum Gasteiger partial charge on any atom is -0.493 e. The van der Waals surface area contributed by atoms with Crippen molar-refractivity contribution >= 4 is 11.9 Å². The van der Waals surface area contributed by atoms with E-state index in [1.807, 2.05) is 19.1 Å². The lowest BCUT2D eigenvalue weighted by Gasteiger charge is -2.28. The van der Waals surface area contributed by atoms with Gasteiger partial charge in [0, 0.05) is 0 Å². The smallest absolute Gasteiger partial charge is 0.307 e. The van der Waals surface area contributed by atoms with Gasteiger partial charge < -0.3 is 19.9 Å². The van der Waals surface area contributed by atoms with Crippen molar-refractivity contribution in [1.82, 2.24) is 5.32 Å². The lowest BCUT2D eigenvalue weighted by molar-refractivity contribution is -0.149. The molecule has 0 saturated heterocycles. The molecule has 1 aromatic rings. The molecule has 3 rings (SSSR count). The number of carboxylic acids is 1. The van der Waals surface area contributed by atoms with Crippen molar-refractivity contribution in [3.63, 3.8) is 0 Å². The second kappa shape index (κ2) is 6.94. The van der Waals surface area contributed by atoms with Crippen molar-refractivity contribution in [3.8, 4) is 11.5 Å². The molecule has 1 aromatic carbocycles. The third-order valence-corrected chi connectivity index (χ3v) is 5.77. The van der Waals surface area contributed by atoms with Gasteiger partial charge >= 0.3 is 5.97 Å². The van der Waals surface area contributed by atoms with Crippen LogP contribution in [0.5, 0.6) is 11.5 Å². The summed E-state index contributed by atoms with van der Waals surface area (Å²) in [5, 5.41) is 12.5. The highest BCUT2D eigenvalue weighted by Crippen LogP contribution is 2.52. The SMILES string of the molecule is COc1ccc([C@H](C)NC(=O)[C@@H]2[C@@H]3CC[C@@H](C3)[C@@H]2C(=O)O)cc1OC. The predicted octanol–water partition coefficient (Wildman–Crippen LogP) is 2.63. The Labute approximate surface area is 147 Å². The van der Waals surface area contributed by atoms with Crippen molar-refractivity contribution in [2.24, 2.45) is 23.7 Å². The maximum atomic E-state index is 12.8. The second-order valence-electron chi connectivity index (χ2n) is 7.07. The molecule has 2 N–H and O–H groups in total. The fraction of sp³-hybridized carbons (Fsp3) is 0.579. The zero-order valence-corrected chi connectivity index (χ0v) is 14.8. The van der Waals surface area contributed by atoms with Gasteiger partial charge in [0.1, 0.15) is 0 Å². The quantitative estimate of drug-likeness (QED) is 0.826. The van der Waals surface area contributed by atoms with Crippen LogP contribution in [-0.2, 0) is 9.59 Å². The van der Waals surface area contributed by atoms with Crippen molar-refractivity contribution in [2.45, 2.75) is 32.2 Å². The Hall–Kier alpha value is -2.24. The number of fused-ring (bicyclic) bond motifs is 2. The van der Waals surface area contributed by atoms with E-state index in [9.17, 15) is 14.7 Å². The summed E-state index contributed by atoms with van der Waals surface area (Å²) in [5.41, 5.74) is 0.890. The number of benzene rings is 1. The van der Waals surface area contributed by atoms with Gasteiger partial charge in [-0.05, 0) is 55.7 Å². The van der Waals surface area contributed by atoms with Crippen LogP contribution in [-0.4, -0.2) is 31.2 Å². The van der Waals surface area contributed by atoms with Crippen LogP contribution >= 0.6 is 0 Å². The minimum atomic E-state index is -0.842. The van der Waals surface area contributed by atoms with E-state index in [4.69, 9.17) is 9.47 Å². The number of carbonyl (C=O) groups excluding carboxylic acids is 1. The van der Waals surface area contributed by atoms with Gasteiger partial charge in [-0.2, -0.15) is 0 Å². The largest absolute Gasteiger partial charge is 0.493 e. The molecule has 0 radical (unpaired) electrons. The summed E-state index contributed by atoms with van der Waals surface area (Å²) in [6, 6.07) is 5.27. The first kappa shape index (κ1) is 17.6. The molecule has 0 heterocycles. The number of methoxy groups -OCH3 is 2. The van der Waals surface area contributed by atoms with Gasteiger partial charge in [-0.3, -0.25) is 9.59 Å². The lowest BCUT2D eigenvalue weighted by Crippen LogP contribution is -2.42. The third kappa shape index (κ3) is 3.17. The number of carbonyl (C=O) groups is 2. The number of ether oxygens (including phenoxy) is 2. The van der Waals surface area contributed by atoms with E-state index in [1.165, 1.54) is 0 Å². The van der Waals surface area contributed by atoms with Crippen LogP contribution in [0.1, 0.15) is 37.8 Å². The zero-order chi connectivity index (χ0) is 18.1. The molecule has 136 valence electrons. The predicted molar refractivity (Wildman–Crippen MR) is 91.6 cm³/mol. The first-order chi connectivity index (χ1) is 12.0. The fourth-order valence-corrected chi connectivity index (χ4v) is 4.54. The molecule has 2 fully saturated rings. The number of hydrogen-bond acceptors (Lipinski definition) is 4. The minimum absolute atomic E-state index is 0.148. The molecular formula is C19H25NO5. The summed E-state index contributed by atoms with van der Waals surface area (Å²) in [6.07, 6.45) is 2.74. The number of amides is 1. The third-order valence-electron chi connectivity index (χ3n) is 5.77. The molecule has 6 heteroatoms. The van der Waals surface area contributed by atoms with Crippen molar-refractivity contribution in [1.29, 1.82) is 0 Å². The zero-order valence-electron chi connectivity index (χ0n) is 14.8. The van der Waals surface area contributed by atoms with E-state index < -0.39 is 17.8 Å². The highest BCUT2D eigenvalue weighted by atomic mass is 16.5. The molecule has 25 heavy (non-hydrogen) atoms. The highest BCUT2D eigenvalue weighted by molar-refractivity contribution is 5.86. The van der Waals surface area contributed by atoms with Crippen molar-refractivity contribution in [3.05, 3.63) is 23.8 Å². The monoisotopic (exact) mass is 347 g/mol. The molecule has 2 saturated carbocycles. The summed E-state index contributed by atoms with van der Waals surface area (Å²) in [4.78, 5) is 24.4. The first-order valence-corrected chi connectivity index (χ1v) is 8.71. The molecule has 6 nitrogen and oxygen atoms in total. The molecule has 2 aliphatic carbocycles. The van der Waals surface area contributed by atoms with Gasteiger partial charge in [-0.15, -0.1) is 0 Å². The highest BCUT2D eigenvalue weighted by Gasteiger charge is 2.54. The van der Waals surface area contributed by atoms with Gasteiger partial charge in [0.15, 0.2) is 11.5 Å². The summed E-state index contributed by atoms with van der Waals surface area (Å²) in [7, 11) is 3.14. The molecule has 0 spiro atoms. The Morgan fingerprint density at radius 3 is 2.36 bits per heavy atom. The van der Waals surface area contributed by atoms with Gasteiger partial charge in [-0.25, -0.2) is 0 Å². The van der Waals surface area contributed by atoms with E-state index in [1.54, 1.807) is 20.3 Å². The molecule has 2 aliphatic rings. The van der Waals surface area contributed by atoms with Gasteiger partial charge in [0.2, 0.25) is 5.91 Å². The summed E-state index contributed by atoms with van der Waals surface area (Å²) >= 11 is 0. The number of nitrogens with one attached hydrogen (secondary N) is 1. The van der Waals surface area contributed by atoms with E-state index in [0.717, 1.165) is 24.8 Å². The van der Waals surface area contributed by atoms with Crippen molar-refractivity contribution < 1.29 is 24.2 Å². The number of aliphatic carboxylic acids is 1. The van der Waals surface area contributed by atoms with E-state index in [0.29, 0.717) is 11.5 Å². The topological polar surface area (TPSA) is 84.9 Å². The lowest BCUT2D eigenvalue weighted by atomic mass is 9.78. The molecular weight excluding hydrogens is 322 g/mol. The average molecular weight is 347 g/mol. The second-order valence-corrected chi connectivity index (χ2v) is 7.07. The number of hydrogen-bond donors (Lipinski definition) is 2. The number of rotatable bonds is 6. The van der Waals surface area contributed by atoms with Crippen LogP contribution in [0, 0.1) is 23.7 Å². The Kier molecular flexibility index (Phi) is 4.88. The molecule has 1 amide bonds. The van der Waals surface area contributed by atoms with Crippen LogP contribution < -0.4 is 14.8 Å². The van der Waals surface area contributed by atoms with Crippen LogP contribution in [0.15, 0.2) is 18.2 Å². The first-order valence-electron chi connectivity index (χ1n) is 8.71. The average Bonchev–Trinajstić information content (AvgIpc) is 3.22. The normalized spacial score (nSPS) is 28.4. The Morgan fingerprint density at radius 1 is 1.12 bits per heavy atom. The van der Waals surface area contributed by atoms with Crippen LogP contribution in [0.25, 0.3) is 0 Å². The Morgan fingerprint density at radius 2 is 1.76 bits per heavy atom. The fourth-order valence-electron chi connectivity index (χ4n) is 4.54. The van der Waals surface area contributed by atoms with Crippen molar-refractivity contribution in [2.75, 3.05) is 14.2 Å². The van der Waals surface area contributed by atoms with Gasteiger partial charge in [0.05, 0.1) is 32.1 Å². The van der Waals surface area contributed by atoms with E-state index in [2.05, 4.69) is 5.32 Å². The Balaban J connectivity index is 1.73. The standard InChI is InChI=1S/C19H25NO5/c1-10(11-6-7-14(24-2)15(9-11)25-3)20-18(21)16-12-4-5-13(8-12)17(16)19(22)23/h6-7,9-10,12-13,16-17H,4-5,8H2,1-3H3,(H,20,21)(H,22,23)/t10-,12+,13-,16+,17-/m0/s1. The maximum Gasteiger partial charge on any atom is 0.307 e. The summed E-state index contributed by atoms with van der Waals surface area (Å²) in [5.74, 6) is -0.380. The molecule has 2 bridgehead atoms. The maximum absolute atomic E-state index is 12.8. The number of carboxylic acid groups (broad SMARTS) is 1. The van der Waals surface area contributed by atoms with Gasteiger partial charge in [-0.1, -0.05) is 6.07 Å².